The molecule has 3 rings (SSSR count). The van der Waals surface area contributed by atoms with Crippen molar-refractivity contribution < 1.29 is 9.53 Å². The number of likely N-dealkylation sites (tertiary alicyclic amines) is 1. The lowest BCUT2D eigenvalue weighted by atomic mass is 10.1. The van der Waals surface area contributed by atoms with Crippen LogP contribution in [0.15, 0.2) is 30.6 Å². The molecule has 3 heterocycles. The fourth-order valence-electron chi connectivity index (χ4n) is 3.07. The second kappa shape index (κ2) is 6.81. The first-order chi connectivity index (χ1) is 11.1. The molecule has 0 saturated carbocycles. The highest BCUT2D eigenvalue weighted by atomic mass is 16.5. The second-order valence-corrected chi connectivity index (χ2v) is 5.98. The van der Waals surface area contributed by atoms with Gasteiger partial charge in [0.1, 0.15) is 5.75 Å². The second-order valence-electron chi connectivity index (χ2n) is 5.98. The van der Waals surface area contributed by atoms with Crippen LogP contribution in [0.5, 0.6) is 5.75 Å². The summed E-state index contributed by atoms with van der Waals surface area (Å²) in [6.07, 6.45) is 5.33. The summed E-state index contributed by atoms with van der Waals surface area (Å²) in [5.74, 6) is 0.632. The van der Waals surface area contributed by atoms with Crippen LogP contribution < -0.4 is 4.74 Å². The van der Waals surface area contributed by atoms with Crippen LogP contribution in [0.1, 0.15) is 30.3 Å². The van der Waals surface area contributed by atoms with Gasteiger partial charge in [0.2, 0.25) is 0 Å². The number of amides is 1. The van der Waals surface area contributed by atoms with E-state index >= 15 is 0 Å². The smallest absolute Gasteiger partial charge is 0.260 e. The summed E-state index contributed by atoms with van der Waals surface area (Å²) in [6, 6.07) is 5.92. The molecule has 0 aromatic carbocycles. The van der Waals surface area contributed by atoms with Gasteiger partial charge in [-0.05, 0) is 44.9 Å². The lowest BCUT2D eigenvalue weighted by Crippen LogP contribution is -2.43. The molecular weight excluding hydrogens is 292 g/mol. The van der Waals surface area contributed by atoms with Crippen LogP contribution in [0.25, 0.3) is 0 Å². The molecule has 2 aromatic rings. The monoisotopic (exact) mass is 314 g/mol. The predicted molar refractivity (Wildman–Crippen MR) is 86.3 cm³/mol. The van der Waals surface area contributed by atoms with Crippen LogP contribution in [0.2, 0.25) is 0 Å². The van der Waals surface area contributed by atoms with Crippen LogP contribution in [0.3, 0.4) is 0 Å². The highest BCUT2D eigenvalue weighted by Crippen LogP contribution is 2.23. The molecule has 6 nitrogen and oxygen atoms in total. The Morgan fingerprint density at radius 2 is 2.30 bits per heavy atom. The minimum absolute atomic E-state index is 0.0140. The standard InChI is InChI=1S/C17H22N4O2/c1-13-9-14(2)21(19-13)15-5-4-8-20(11-15)17(22)12-23-16-6-3-7-18-10-16/h3,6-7,9-10,15H,4-5,8,11-12H2,1-2H3/t15-/m0/s1. The number of piperidine rings is 1. The highest BCUT2D eigenvalue weighted by Gasteiger charge is 2.26. The van der Waals surface area contributed by atoms with E-state index in [0.717, 1.165) is 30.8 Å². The fraction of sp³-hybridized carbons (Fsp3) is 0.471. The van der Waals surface area contributed by atoms with E-state index in [2.05, 4.69) is 27.8 Å². The van der Waals surface area contributed by atoms with Crippen molar-refractivity contribution in [2.45, 2.75) is 32.7 Å². The summed E-state index contributed by atoms with van der Waals surface area (Å²) in [5, 5.41) is 4.56. The molecule has 0 aliphatic carbocycles. The van der Waals surface area contributed by atoms with Gasteiger partial charge in [0.15, 0.2) is 6.61 Å². The molecule has 1 fully saturated rings. The van der Waals surface area contributed by atoms with Gasteiger partial charge in [0.05, 0.1) is 17.9 Å². The van der Waals surface area contributed by atoms with E-state index in [1.807, 2.05) is 11.8 Å². The third kappa shape index (κ3) is 3.70. The third-order valence-electron chi connectivity index (χ3n) is 4.14. The molecule has 1 amide bonds. The zero-order valence-electron chi connectivity index (χ0n) is 13.6. The van der Waals surface area contributed by atoms with Crippen molar-refractivity contribution in [1.29, 1.82) is 0 Å². The average Bonchev–Trinajstić information content (AvgIpc) is 2.92. The molecular formula is C17H22N4O2. The molecule has 122 valence electrons. The Morgan fingerprint density at radius 3 is 3.00 bits per heavy atom. The van der Waals surface area contributed by atoms with Crippen molar-refractivity contribution >= 4 is 5.91 Å². The largest absolute Gasteiger partial charge is 0.482 e. The van der Waals surface area contributed by atoms with Crippen LogP contribution in [-0.2, 0) is 4.79 Å². The van der Waals surface area contributed by atoms with Crippen molar-refractivity contribution in [3.05, 3.63) is 42.0 Å². The minimum atomic E-state index is 0.0140. The molecule has 0 radical (unpaired) electrons. The van der Waals surface area contributed by atoms with E-state index in [-0.39, 0.29) is 18.6 Å². The maximum absolute atomic E-state index is 12.4. The minimum Gasteiger partial charge on any atom is -0.482 e. The number of rotatable bonds is 4. The number of pyridine rings is 1. The van der Waals surface area contributed by atoms with Gasteiger partial charge in [-0.1, -0.05) is 0 Å². The zero-order valence-corrected chi connectivity index (χ0v) is 13.6. The number of carbonyl (C=O) groups is 1. The van der Waals surface area contributed by atoms with E-state index in [1.54, 1.807) is 24.5 Å². The summed E-state index contributed by atoms with van der Waals surface area (Å²) in [5.41, 5.74) is 2.17. The molecule has 23 heavy (non-hydrogen) atoms. The van der Waals surface area contributed by atoms with Gasteiger partial charge in [-0.15, -0.1) is 0 Å². The molecule has 6 heteroatoms. The SMILES string of the molecule is Cc1cc(C)n([C@H]2CCCN(C(=O)COc3cccnc3)C2)n1. The molecule has 1 aliphatic rings. The van der Waals surface area contributed by atoms with Gasteiger partial charge >= 0.3 is 0 Å². The Hall–Kier alpha value is -2.37. The van der Waals surface area contributed by atoms with Crippen molar-refractivity contribution in [3.8, 4) is 5.75 Å². The Labute approximate surface area is 136 Å². The maximum Gasteiger partial charge on any atom is 0.260 e. The fourth-order valence-corrected chi connectivity index (χ4v) is 3.07. The molecule has 0 N–H and O–H groups in total. The number of nitrogens with zero attached hydrogens (tertiary/aromatic N) is 4. The topological polar surface area (TPSA) is 60.2 Å². The Bertz CT molecular complexity index is 668. The van der Waals surface area contributed by atoms with Gasteiger partial charge < -0.3 is 9.64 Å². The quantitative estimate of drug-likeness (QED) is 0.867. The summed E-state index contributed by atoms with van der Waals surface area (Å²) in [6.45, 7) is 5.58. The van der Waals surface area contributed by atoms with Crippen molar-refractivity contribution in [3.63, 3.8) is 0 Å². The van der Waals surface area contributed by atoms with E-state index < -0.39 is 0 Å². The lowest BCUT2D eigenvalue weighted by molar-refractivity contribution is -0.135. The van der Waals surface area contributed by atoms with E-state index in [1.165, 1.54) is 0 Å². The molecule has 2 aromatic heterocycles. The van der Waals surface area contributed by atoms with E-state index in [4.69, 9.17) is 4.74 Å². The third-order valence-corrected chi connectivity index (χ3v) is 4.14. The average molecular weight is 314 g/mol. The Balaban J connectivity index is 1.59. The van der Waals surface area contributed by atoms with Crippen molar-refractivity contribution in [2.24, 2.45) is 0 Å². The van der Waals surface area contributed by atoms with Crippen LogP contribution >= 0.6 is 0 Å². The van der Waals surface area contributed by atoms with Gasteiger partial charge in [-0.2, -0.15) is 5.10 Å². The number of carbonyl (C=O) groups excluding carboxylic acids is 1. The molecule has 0 unspecified atom stereocenters. The lowest BCUT2D eigenvalue weighted by Gasteiger charge is -2.33. The highest BCUT2D eigenvalue weighted by molar-refractivity contribution is 5.77. The molecule has 1 aliphatic heterocycles. The first-order valence-corrected chi connectivity index (χ1v) is 7.97. The summed E-state index contributed by atoms with van der Waals surface area (Å²) in [4.78, 5) is 18.2. The molecule has 1 saturated heterocycles. The normalized spacial score (nSPS) is 18.0. The van der Waals surface area contributed by atoms with Gasteiger partial charge in [0.25, 0.3) is 5.91 Å². The summed E-state index contributed by atoms with van der Waals surface area (Å²) < 4.78 is 7.57. The van der Waals surface area contributed by atoms with E-state index in [9.17, 15) is 4.79 Å². The number of aromatic nitrogens is 3. The number of ether oxygens (including phenoxy) is 1. The van der Waals surface area contributed by atoms with Crippen molar-refractivity contribution in [2.75, 3.05) is 19.7 Å². The van der Waals surface area contributed by atoms with Gasteiger partial charge in [-0.25, -0.2) is 0 Å². The number of hydrogen-bond acceptors (Lipinski definition) is 4. The Kier molecular flexibility index (Phi) is 4.60. The van der Waals surface area contributed by atoms with Crippen LogP contribution in [0, 0.1) is 13.8 Å². The predicted octanol–water partition coefficient (Wildman–Crippen LogP) is 2.14. The Morgan fingerprint density at radius 1 is 1.43 bits per heavy atom. The first-order valence-electron chi connectivity index (χ1n) is 7.97. The van der Waals surface area contributed by atoms with Gasteiger partial charge in [0, 0.05) is 25.0 Å². The van der Waals surface area contributed by atoms with Crippen LogP contribution in [0.4, 0.5) is 0 Å². The zero-order chi connectivity index (χ0) is 16.2. The summed E-state index contributed by atoms with van der Waals surface area (Å²) >= 11 is 0. The number of aryl methyl sites for hydroxylation is 2. The van der Waals surface area contributed by atoms with Crippen molar-refractivity contribution in [1.82, 2.24) is 19.7 Å². The molecule has 0 bridgehead atoms. The number of hydrogen-bond donors (Lipinski definition) is 0. The van der Waals surface area contributed by atoms with Gasteiger partial charge in [-0.3, -0.25) is 14.5 Å². The van der Waals surface area contributed by atoms with Crippen LogP contribution in [-0.4, -0.2) is 45.3 Å². The molecule has 1 atom stereocenters. The maximum atomic E-state index is 12.4. The molecule has 0 spiro atoms. The summed E-state index contributed by atoms with van der Waals surface area (Å²) in [7, 11) is 0. The first kappa shape index (κ1) is 15.5. The van der Waals surface area contributed by atoms with E-state index in [0.29, 0.717) is 12.3 Å².